The second-order valence-electron chi connectivity index (χ2n) is 6.39. The van der Waals surface area contributed by atoms with E-state index in [0.717, 1.165) is 19.3 Å². The van der Waals surface area contributed by atoms with Crippen molar-refractivity contribution in [2.45, 2.75) is 56.5 Å². The average molecular weight is 401 g/mol. The van der Waals surface area contributed by atoms with Gasteiger partial charge >= 0.3 is 0 Å². The summed E-state index contributed by atoms with van der Waals surface area (Å²) in [5, 5.41) is 5.11. The Bertz CT molecular complexity index is 1010. The molecule has 0 aliphatic heterocycles. The van der Waals surface area contributed by atoms with E-state index in [-0.39, 0.29) is 11.5 Å². The highest BCUT2D eigenvalue weighted by Gasteiger charge is 2.13. The van der Waals surface area contributed by atoms with Gasteiger partial charge in [0.15, 0.2) is 11.0 Å². The number of hydrogen-bond donors (Lipinski definition) is 1. The zero-order valence-corrected chi connectivity index (χ0v) is 16.6. The quantitative estimate of drug-likeness (QED) is 0.315. The van der Waals surface area contributed by atoms with Crippen LogP contribution in [-0.2, 0) is 23.5 Å². The Hall–Kier alpha value is -2.68. The molecule has 9 heteroatoms. The second-order valence-corrected chi connectivity index (χ2v) is 7.33. The number of rotatable bonds is 10. The number of aromatic nitrogens is 4. The summed E-state index contributed by atoms with van der Waals surface area (Å²) in [6.45, 7) is 2.49. The molecule has 2 heterocycles. The molecule has 0 unspecified atom stereocenters. The van der Waals surface area contributed by atoms with E-state index in [1.54, 1.807) is 10.6 Å². The Morgan fingerprint density at radius 3 is 2.79 bits per heavy atom. The molecular formula is C19H23N5O3S. The van der Waals surface area contributed by atoms with Crippen LogP contribution in [-0.4, -0.2) is 25.6 Å². The molecule has 1 aromatic carbocycles. The Kier molecular flexibility index (Phi) is 6.80. The van der Waals surface area contributed by atoms with Gasteiger partial charge in [-0.3, -0.25) is 14.2 Å². The van der Waals surface area contributed by atoms with E-state index < -0.39 is 0 Å². The summed E-state index contributed by atoms with van der Waals surface area (Å²) in [6, 6.07) is 7.32. The lowest BCUT2D eigenvalue weighted by Gasteiger charge is -2.12. The fraction of sp³-hybridized carbons (Fsp3) is 0.421. The number of fused-ring (bicyclic) bond motifs is 1. The van der Waals surface area contributed by atoms with Crippen molar-refractivity contribution < 1.29 is 9.32 Å². The van der Waals surface area contributed by atoms with E-state index in [9.17, 15) is 9.59 Å². The normalized spacial score (nSPS) is 11.2. The molecule has 1 amide bonds. The lowest BCUT2D eigenvalue weighted by molar-refractivity contribution is -0.118. The highest BCUT2D eigenvalue weighted by molar-refractivity contribution is 7.98. The summed E-state index contributed by atoms with van der Waals surface area (Å²) in [5.74, 6) is 1.32. The number of unbranched alkanes of at least 4 members (excludes halogenated alkanes) is 2. The zero-order chi connectivity index (χ0) is 19.9. The summed E-state index contributed by atoms with van der Waals surface area (Å²) < 4.78 is 6.92. The molecule has 0 aliphatic rings. The maximum absolute atomic E-state index is 13.0. The number of carbonyl (C=O) groups excluding carboxylic acids is 1. The van der Waals surface area contributed by atoms with E-state index in [2.05, 4.69) is 15.1 Å². The van der Waals surface area contributed by atoms with Gasteiger partial charge in [0.25, 0.3) is 5.56 Å². The standard InChI is InChI=1S/C19H23N5O3S/c1-2-16-22-17(27-23-16)12-28-19-21-14-9-6-5-8-13(14)18(26)24(19)11-7-3-4-10-15(20)25/h5-6,8-9H,2-4,7,10-12H2,1H3,(H2,20,25). The van der Waals surface area contributed by atoms with Gasteiger partial charge in [0, 0.05) is 19.4 Å². The molecule has 28 heavy (non-hydrogen) atoms. The van der Waals surface area contributed by atoms with Crippen molar-refractivity contribution in [3.63, 3.8) is 0 Å². The molecule has 2 aromatic heterocycles. The minimum Gasteiger partial charge on any atom is -0.370 e. The number of thioether (sulfide) groups is 1. The first-order valence-corrected chi connectivity index (χ1v) is 10.3. The first kappa shape index (κ1) is 20.1. The average Bonchev–Trinajstić information content (AvgIpc) is 3.16. The second kappa shape index (κ2) is 9.50. The molecule has 148 valence electrons. The third kappa shape index (κ3) is 4.98. The van der Waals surface area contributed by atoms with Crippen molar-refractivity contribution >= 4 is 28.6 Å². The van der Waals surface area contributed by atoms with Crippen molar-refractivity contribution in [2.24, 2.45) is 5.73 Å². The summed E-state index contributed by atoms with van der Waals surface area (Å²) in [7, 11) is 0. The molecule has 0 fully saturated rings. The van der Waals surface area contributed by atoms with Crippen LogP contribution in [0.25, 0.3) is 10.9 Å². The lowest BCUT2D eigenvalue weighted by atomic mass is 10.2. The molecule has 3 aromatic rings. The van der Waals surface area contributed by atoms with Crippen molar-refractivity contribution in [2.75, 3.05) is 0 Å². The van der Waals surface area contributed by atoms with Crippen LogP contribution in [0.1, 0.15) is 44.3 Å². The largest absolute Gasteiger partial charge is 0.370 e. The molecule has 0 atom stereocenters. The van der Waals surface area contributed by atoms with Crippen LogP contribution in [0.4, 0.5) is 0 Å². The number of nitrogens with zero attached hydrogens (tertiary/aromatic N) is 4. The van der Waals surface area contributed by atoms with Gasteiger partial charge in [0.1, 0.15) is 0 Å². The number of aryl methyl sites for hydroxylation is 1. The van der Waals surface area contributed by atoms with E-state index in [4.69, 9.17) is 10.3 Å². The molecule has 0 saturated carbocycles. The number of para-hydroxylation sites is 1. The predicted molar refractivity (Wildman–Crippen MR) is 107 cm³/mol. The molecule has 0 bridgehead atoms. The van der Waals surface area contributed by atoms with Crippen LogP contribution < -0.4 is 11.3 Å². The summed E-state index contributed by atoms with van der Waals surface area (Å²) in [4.78, 5) is 32.8. The minimum absolute atomic E-state index is 0.0669. The third-order valence-electron chi connectivity index (χ3n) is 4.28. The van der Waals surface area contributed by atoms with Crippen molar-refractivity contribution in [1.29, 1.82) is 0 Å². The summed E-state index contributed by atoms with van der Waals surface area (Å²) in [6.07, 6.45) is 3.37. The van der Waals surface area contributed by atoms with Crippen molar-refractivity contribution in [3.05, 3.63) is 46.3 Å². The number of hydrogen-bond acceptors (Lipinski definition) is 7. The van der Waals surface area contributed by atoms with Gasteiger partial charge in [0.05, 0.1) is 16.7 Å². The van der Waals surface area contributed by atoms with Crippen LogP contribution in [0.5, 0.6) is 0 Å². The van der Waals surface area contributed by atoms with Crippen molar-refractivity contribution in [3.8, 4) is 0 Å². The molecule has 3 rings (SSSR count). The minimum atomic E-state index is -0.299. The fourth-order valence-electron chi connectivity index (χ4n) is 2.82. The summed E-state index contributed by atoms with van der Waals surface area (Å²) in [5.41, 5.74) is 5.78. The van der Waals surface area contributed by atoms with Crippen LogP contribution >= 0.6 is 11.8 Å². The van der Waals surface area contributed by atoms with Gasteiger partial charge < -0.3 is 10.3 Å². The lowest BCUT2D eigenvalue weighted by Crippen LogP contribution is -2.23. The molecular weight excluding hydrogens is 378 g/mol. The van der Waals surface area contributed by atoms with Crippen LogP contribution in [0.2, 0.25) is 0 Å². The molecule has 0 radical (unpaired) electrons. The van der Waals surface area contributed by atoms with E-state index in [1.807, 2.05) is 25.1 Å². The van der Waals surface area contributed by atoms with Crippen LogP contribution in [0.3, 0.4) is 0 Å². The topological polar surface area (TPSA) is 117 Å². The molecule has 0 aliphatic carbocycles. The van der Waals surface area contributed by atoms with Gasteiger partial charge in [-0.1, -0.05) is 42.4 Å². The number of carbonyl (C=O) groups is 1. The van der Waals surface area contributed by atoms with Gasteiger partial charge in [0.2, 0.25) is 11.8 Å². The van der Waals surface area contributed by atoms with E-state index in [1.165, 1.54) is 11.8 Å². The number of nitrogens with two attached hydrogens (primary N) is 1. The molecule has 8 nitrogen and oxygen atoms in total. The fourth-order valence-corrected chi connectivity index (χ4v) is 3.68. The SMILES string of the molecule is CCc1noc(CSc2nc3ccccc3c(=O)n2CCCCCC(N)=O)n1. The van der Waals surface area contributed by atoms with Crippen LogP contribution in [0.15, 0.2) is 38.7 Å². The van der Waals surface area contributed by atoms with Gasteiger partial charge in [-0.15, -0.1) is 0 Å². The molecule has 0 spiro atoms. The Labute approximate surface area is 166 Å². The monoisotopic (exact) mass is 401 g/mol. The Balaban J connectivity index is 1.79. The first-order chi connectivity index (χ1) is 13.6. The van der Waals surface area contributed by atoms with Gasteiger partial charge in [-0.2, -0.15) is 4.98 Å². The first-order valence-electron chi connectivity index (χ1n) is 9.30. The van der Waals surface area contributed by atoms with Crippen molar-refractivity contribution in [1.82, 2.24) is 19.7 Å². The van der Waals surface area contributed by atoms with E-state index in [0.29, 0.717) is 52.9 Å². The maximum atomic E-state index is 13.0. The third-order valence-corrected chi connectivity index (χ3v) is 5.24. The number of benzene rings is 1. The number of amides is 1. The predicted octanol–water partition coefficient (Wildman–Crippen LogP) is 2.68. The Morgan fingerprint density at radius 2 is 2.04 bits per heavy atom. The highest BCUT2D eigenvalue weighted by Crippen LogP contribution is 2.22. The van der Waals surface area contributed by atoms with Gasteiger partial charge in [-0.25, -0.2) is 4.98 Å². The van der Waals surface area contributed by atoms with Gasteiger partial charge in [-0.05, 0) is 25.0 Å². The van der Waals surface area contributed by atoms with E-state index >= 15 is 0 Å². The zero-order valence-electron chi connectivity index (χ0n) is 15.8. The number of primary amides is 1. The summed E-state index contributed by atoms with van der Waals surface area (Å²) >= 11 is 1.40. The Morgan fingerprint density at radius 1 is 1.21 bits per heavy atom. The smallest absolute Gasteiger partial charge is 0.262 e. The highest BCUT2D eigenvalue weighted by atomic mass is 32.2. The molecule has 0 saturated heterocycles. The van der Waals surface area contributed by atoms with Crippen LogP contribution in [0, 0.1) is 0 Å². The maximum Gasteiger partial charge on any atom is 0.262 e. The molecule has 2 N–H and O–H groups in total.